The molecule has 3 aromatic rings. The van der Waals surface area contributed by atoms with Crippen molar-refractivity contribution in [2.24, 2.45) is 0 Å². The summed E-state index contributed by atoms with van der Waals surface area (Å²) < 4.78 is 11.3. The van der Waals surface area contributed by atoms with E-state index in [1.165, 1.54) is 16.2 Å². The molecular weight excluding hydrogens is 416 g/mol. The molecule has 0 radical (unpaired) electrons. The molecule has 0 unspecified atom stereocenters. The maximum atomic E-state index is 11.6. The van der Waals surface area contributed by atoms with Crippen molar-refractivity contribution in [3.8, 4) is 11.6 Å². The summed E-state index contributed by atoms with van der Waals surface area (Å²) in [6.07, 6.45) is 0.666. The van der Waals surface area contributed by atoms with Crippen molar-refractivity contribution in [3.63, 3.8) is 0 Å². The topological polar surface area (TPSA) is 97.7 Å². The third kappa shape index (κ3) is 4.41. The zero-order chi connectivity index (χ0) is 22.2. The van der Waals surface area contributed by atoms with E-state index in [2.05, 4.69) is 4.98 Å². The predicted octanol–water partition coefficient (Wildman–Crippen LogP) is 4.79. The van der Waals surface area contributed by atoms with Gasteiger partial charge in [-0.25, -0.2) is 14.8 Å². The van der Waals surface area contributed by atoms with Gasteiger partial charge in [-0.05, 0) is 30.5 Å². The Morgan fingerprint density at radius 2 is 1.97 bits per heavy atom. The first-order chi connectivity index (χ1) is 14.8. The maximum Gasteiger partial charge on any atom is 0.407 e. The van der Waals surface area contributed by atoms with Crippen LogP contribution in [0.4, 0.5) is 4.79 Å². The van der Waals surface area contributed by atoms with Crippen LogP contribution < -0.4 is 9.47 Å². The first-order valence-electron chi connectivity index (χ1n) is 10.2. The standard InChI is InChI=1S/C22H26N4O4S/c1-22(2,3)20-24-17(30-12-13-7-9-14(29-4)10-8-13)16-19(25-20)31-18(23-16)15-6-5-11-26(15)21(27)28/h7-10,15H,5-6,11-12H2,1-4H3,(H,27,28)/t15-/m1/s1. The highest BCUT2D eigenvalue weighted by Gasteiger charge is 2.33. The maximum absolute atomic E-state index is 11.6. The molecule has 0 aliphatic carbocycles. The Bertz CT molecular complexity index is 1090. The lowest BCUT2D eigenvalue weighted by molar-refractivity contribution is 0.140. The number of rotatable bonds is 5. The van der Waals surface area contributed by atoms with Crippen LogP contribution in [0.25, 0.3) is 10.3 Å². The van der Waals surface area contributed by atoms with E-state index in [0.29, 0.717) is 30.4 Å². The monoisotopic (exact) mass is 442 g/mol. The van der Waals surface area contributed by atoms with Crippen LogP contribution >= 0.6 is 11.3 Å². The molecule has 0 spiro atoms. The lowest BCUT2D eigenvalue weighted by Crippen LogP contribution is -2.28. The highest BCUT2D eigenvalue weighted by Crippen LogP contribution is 2.38. The lowest BCUT2D eigenvalue weighted by atomic mass is 9.96. The highest BCUT2D eigenvalue weighted by atomic mass is 32.1. The van der Waals surface area contributed by atoms with E-state index in [-0.39, 0.29) is 11.5 Å². The minimum Gasteiger partial charge on any atom is -0.497 e. The first kappa shape index (κ1) is 21.3. The van der Waals surface area contributed by atoms with Gasteiger partial charge in [0.25, 0.3) is 0 Å². The fourth-order valence-electron chi connectivity index (χ4n) is 3.52. The van der Waals surface area contributed by atoms with Crippen molar-refractivity contribution in [3.05, 3.63) is 40.7 Å². The minimum absolute atomic E-state index is 0.246. The normalized spacial score (nSPS) is 16.6. The van der Waals surface area contributed by atoms with Gasteiger partial charge >= 0.3 is 6.09 Å². The molecule has 31 heavy (non-hydrogen) atoms. The third-order valence-corrected chi connectivity index (χ3v) is 6.28. The molecule has 1 aliphatic heterocycles. The Labute approximate surface area is 184 Å². The number of hydrogen-bond donors (Lipinski definition) is 1. The van der Waals surface area contributed by atoms with Crippen LogP contribution in [-0.2, 0) is 12.0 Å². The van der Waals surface area contributed by atoms with E-state index in [0.717, 1.165) is 34.0 Å². The number of thiazole rings is 1. The van der Waals surface area contributed by atoms with Crippen LogP contribution in [0, 0.1) is 0 Å². The smallest absolute Gasteiger partial charge is 0.407 e. The number of nitrogens with zero attached hydrogens (tertiary/aromatic N) is 4. The Morgan fingerprint density at radius 1 is 1.23 bits per heavy atom. The minimum atomic E-state index is -0.917. The molecule has 0 saturated carbocycles. The van der Waals surface area contributed by atoms with Crippen molar-refractivity contribution in [1.82, 2.24) is 19.9 Å². The Balaban J connectivity index is 1.69. The Hall–Kier alpha value is -2.94. The molecule has 1 N–H and O–H groups in total. The van der Waals surface area contributed by atoms with Gasteiger partial charge in [0.1, 0.15) is 23.2 Å². The molecule has 4 rings (SSSR count). The van der Waals surface area contributed by atoms with Gasteiger partial charge in [-0.1, -0.05) is 44.2 Å². The van der Waals surface area contributed by atoms with Crippen LogP contribution in [0.3, 0.4) is 0 Å². The molecule has 3 heterocycles. The van der Waals surface area contributed by atoms with E-state index >= 15 is 0 Å². The van der Waals surface area contributed by atoms with Gasteiger partial charge in [-0.15, -0.1) is 0 Å². The Morgan fingerprint density at radius 3 is 2.61 bits per heavy atom. The van der Waals surface area contributed by atoms with E-state index in [1.54, 1.807) is 7.11 Å². The van der Waals surface area contributed by atoms with Crippen molar-refractivity contribution in [2.45, 2.75) is 51.7 Å². The second-order valence-corrected chi connectivity index (χ2v) is 9.59. The average Bonchev–Trinajstić information content (AvgIpc) is 3.38. The molecule has 2 aromatic heterocycles. The van der Waals surface area contributed by atoms with Crippen molar-refractivity contribution < 1.29 is 19.4 Å². The van der Waals surface area contributed by atoms with Crippen LogP contribution in [-0.4, -0.2) is 44.7 Å². The zero-order valence-electron chi connectivity index (χ0n) is 18.1. The number of ether oxygens (including phenoxy) is 2. The molecule has 1 saturated heterocycles. The summed E-state index contributed by atoms with van der Waals surface area (Å²) >= 11 is 1.42. The molecule has 1 fully saturated rings. The molecule has 8 nitrogen and oxygen atoms in total. The fraction of sp³-hybridized carbons (Fsp3) is 0.455. The predicted molar refractivity (Wildman–Crippen MR) is 118 cm³/mol. The number of carbonyl (C=O) groups is 1. The van der Waals surface area contributed by atoms with Gasteiger partial charge < -0.3 is 14.6 Å². The first-order valence-corrected chi connectivity index (χ1v) is 11.0. The second kappa shape index (κ2) is 8.30. The number of methoxy groups -OCH3 is 1. The van der Waals surface area contributed by atoms with Crippen LogP contribution in [0.5, 0.6) is 11.6 Å². The molecule has 1 amide bonds. The highest BCUT2D eigenvalue weighted by molar-refractivity contribution is 7.18. The van der Waals surface area contributed by atoms with Gasteiger partial charge in [0, 0.05) is 12.0 Å². The molecule has 1 atom stereocenters. The number of aromatic nitrogens is 3. The Kier molecular flexibility index (Phi) is 5.70. The number of fused-ring (bicyclic) bond motifs is 1. The zero-order valence-corrected chi connectivity index (χ0v) is 18.9. The number of amides is 1. The second-order valence-electron chi connectivity index (χ2n) is 8.58. The van der Waals surface area contributed by atoms with E-state index < -0.39 is 6.09 Å². The molecular formula is C22H26N4O4S. The third-order valence-electron chi connectivity index (χ3n) is 5.23. The van der Waals surface area contributed by atoms with Gasteiger partial charge in [-0.2, -0.15) is 4.98 Å². The summed E-state index contributed by atoms with van der Waals surface area (Å²) in [5.41, 5.74) is 1.30. The van der Waals surface area contributed by atoms with Crippen molar-refractivity contribution >= 4 is 27.8 Å². The van der Waals surface area contributed by atoms with Gasteiger partial charge in [0.15, 0.2) is 10.3 Å². The summed E-state index contributed by atoms with van der Waals surface area (Å²) in [7, 11) is 1.63. The van der Waals surface area contributed by atoms with Crippen LogP contribution in [0.15, 0.2) is 24.3 Å². The molecule has 9 heteroatoms. The summed E-state index contributed by atoms with van der Waals surface area (Å²) in [6.45, 7) is 7.00. The molecule has 1 aliphatic rings. The SMILES string of the molecule is COc1ccc(COc2nc(C(C)(C)C)nc3sc([C@H]4CCCN4C(=O)O)nc23)cc1. The van der Waals surface area contributed by atoms with Crippen LogP contribution in [0.2, 0.25) is 0 Å². The van der Waals surface area contributed by atoms with E-state index in [1.807, 2.05) is 45.0 Å². The quantitative estimate of drug-likeness (QED) is 0.607. The van der Waals surface area contributed by atoms with Gasteiger partial charge in [0.2, 0.25) is 5.88 Å². The largest absolute Gasteiger partial charge is 0.497 e. The van der Waals surface area contributed by atoms with Crippen molar-refractivity contribution in [2.75, 3.05) is 13.7 Å². The van der Waals surface area contributed by atoms with E-state index in [4.69, 9.17) is 19.4 Å². The van der Waals surface area contributed by atoms with Gasteiger partial charge in [-0.3, -0.25) is 4.90 Å². The molecule has 164 valence electrons. The number of hydrogen-bond acceptors (Lipinski definition) is 7. The van der Waals surface area contributed by atoms with Crippen LogP contribution in [0.1, 0.15) is 56.1 Å². The lowest BCUT2D eigenvalue weighted by Gasteiger charge is -2.18. The summed E-state index contributed by atoms with van der Waals surface area (Å²) in [5, 5.41) is 10.3. The number of benzene rings is 1. The van der Waals surface area contributed by atoms with Crippen molar-refractivity contribution in [1.29, 1.82) is 0 Å². The number of carboxylic acid groups (broad SMARTS) is 1. The molecule has 1 aromatic carbocycles. The fourth-order valence-corrected chi connectivity index (χ4v) is 4.60. The summed E-state index contributed by atoms with van der Waals surface area (Å²) in [6, 6.07) is 7.41. The average molecular weight is 443 g/mol. The molecule has 0 bridgehead atoms. The summed E-state index contributed by atoms with van der Waals surface area (Å²) in [4.78, 5) is 27.9. The van der Waals surface area contributed by atoms with E-state index in [9.17, 15) is 9.90 Å². The number of likely N-dealkylation sites (tertiary alicyclic amines) is 1. The summed E-state index contributed by atoms with van der Waals surface area (Å²) in [5.74, 6) is 1.88. The van der Waals surface area contributed by atoms with Gasteiger partial charge in [0.05, 0.1) is 13.2 Å².